The lowest BCUT2D eigenvalue weighted by atomic mass is 9.79. The van der Waals surface area contributed by atoms with Crippen molar-refractivity contribution in [2.24, 2.45) is 17.6 Å². The van der Waals surface area contributed by atoms with E-state index >= 15 is 0 Å². The van der Waals surface area contributed by atoms with E-state index in [1.807, 2.05) is 6.92 Å². The first-order chi connectivity index (χ1) is 7.04. The van der Waals surface area contributed by atoms with Crippen LogP contribution in [0.3, 0.4) is 0 Å². The van der Waals surface area contributed by atoms with Gasteiger partial charge in [0, 0.05) is 0 Å². The summed E-state index contributed by atoms with van der Waals surface area (Å²) in [6, 6.07) is -0.166. The third kappa shape index (κ3) is 3.34. The van der Waals surface area contributed by atoms with E-state index in [0.717, 1.165) is 19.4 Å². The second-order valence-corrected chi connectivity index (χ2v) is 4.63. The van der Waals surface area contributed by atoms with Crippen LogP contribution in [0.25, 0.3) is 0 Å². The Balaban J connectivity index is 2.69. The van der Waals surface area contributed by atoms with Gasteiger partial charge in [0.1, 0.15) is 0 Å². The van der Waals surface area contributed by atoms with Crippen LogP contribution in [0.5, 0.6) is 0 Å². The first kappa shape index (κ1) is 12.2. The molecule has 0 aromatic carbocycles. The Morgan fingerprint density at radius 3 is 2.87 bits per heavy atom. The van der Waals surface area contributed by atoms with Gasteiger partial charge in [0.2, 0.25) is 5.91 Å². The molecule has 15 heavy (non-hydrogen) atoms. The van der Waals surface area contributed by atoms with Crippen LogP contribution < -0.4 is 11.1 Å². The molecule has 0 heterocycles. The molecule has 0 bridgehead atoms. The fourth-order valence-corrected chi connectivity index (χ4v) is 2.57. The lowest BCUT2D eigenvalue weighted by molar-refractivity contribution is -0.121. The van der Waals surface area contributed by atoms with E-state index in [0.29, 0.717) is 11.8 Å². The van der Waals surface area contributed by atoms with Crippen LogP contribution in [0, 0.1) is 11.8 Å². The van der Waals surface area contributed by atoms with Crippen LogP contribution in [0.1, 0.15) is 33.6 Å². The van der Waals surface area contributed by atoms with Crippen molar-refractivity contribution >= 4 is 5.91 Å². The minimum atomic E-state index is -0.219. The van der Waals surface area contributed by atoms with Crippen LogP contribution in [0.15, 0.2) is 11.6 Å². The van der Waals surface area contributed by atoms with Gasteiger partial charge in [-0.1, -0.05) is 25.5 Å². The molecule has 86 valence electrons. The molecule has 0 aromatic rings. The van der Waals surface area contributed by atoms with Gasteiger partial charge in [-0.2, -0.15) is 0 Å². The van der Waals surface area contributed by atoms with Gasteiger partial charge in [0.05, 0.1) is 6.04 Å². The molecule has 3 unspecified atom stereocenters. The molecule has 3 heteroatoms. The molecule has 0 aromatic heterocycles. The number of likely N-dealkylation sites (N-methyl/N-ethyl adjacent to an activating group) is 1. The highest BCUT2D eigenvalue weighted by atomic mass is 16.1. The lowest BCUT2D eigenvalue weighted by Crippen LogP contribution is -2.47. The summed E-state index contributed by atoms with van der Waals surface area (Å²) in [7, 11) is 0. The number of amides is 1. The Morgan fingerprint density at radius 2 is 2.40 bits per heavy atom. The van der Waals surface area contributed by atoms with Gasteiger partial charge in [-0.05, 0) is 38.1 Å². The van der Waals surface area contributed by atoms with Gasteiger partial charge < -0.3 is 11.1 Å². The molecule has 0 spiro atoms. The lowest BCUT2D eigenvalue weighted by Gasteiger charge is -2.31. The number of primary amides is 1. The van der Waals surface area contributed by atoms with Crippen molar-refractivity contribution in [3.63, 3.8) is 0 Å². The second kappa shape index (κ2) is 5.31. The molecule has 1 rings (SSSR count). The Labute approximate surface area is 92.1 Å². The third-order valence-electron chi connectivity index (χ3n) is 3.03. The first-order valence-corrected chi connectivity index (χ1v) is 5.74. The summed E-state index contributed by atoms with van der Waals surface area (Å²) < 4.78 is 0. The number of allylic oxidation sites excluding steroid dienone is 2. The second-order valence-electron chi connectivity index (χ2n) is 4.63. The summed E-state index contributed by atoms with van der Waals surface area (Å²) in [5.74, 6) is 0.704. The molecule has 1 aliphatic carbocycles. The van der Waals surface area contributed by atoms with Crippen LogP contribution in [0.2, 0.25) is 0 Å². The van der Waals surface area contributed by atoms with Crippen LogP contribution in [0.4, 0.5) is 0 Å². The van der Waals surface area contributed by atoms with Crippen LogP contribution in [-0.4, -0.2) is 18.5 Å². The smallest absolute Gasteiger partial charge is 0.234 e. The minimum Gasteiger partial charge on any atom is -0.368 e. The van der Waals surface area contributed by atoms with E-state index in [1.54, 1.807) is 0 Å². The molecule has 0 saturated heterocycles. The zero-order valence-corrected chi connectivity index (χ0v) is 9.92. The Bertz CT molecular complexity index is 260. The van der Waals surface area contributed by atoms with E-state index < -0.39 is 0 Å². The van der Waals surface area contributed by atoms with Gasteiger partial charge in [-0.15, -0.1) is 0 Å². The monoisotopic (exact) mass is 210 g/mol. The van der Waals surface area contributed by atoms with Gasteiger partial charge in [0.25, 0.3) is 0 Å². The average Bonchev–Trinajstić information content (AvgIpc) is 2.11. The molecular formula is C12H22N2O. The van der Waals surface area contributed by atoms with E-state index in [2.05, 4.69) is 25.2 Å². The number of carbonyl (C=O) groups is 1. The molecule has 3 N–H and O–H groups in total. The summed E-state index contributed by atoms with van der Waals surface area (Å²) >= 11 is 0. The van der Waals surface area contributed by atoms with E-state index in [-0.39, 0.29) is 11.9 Å². The fraction of sp³-hybridized carbons (Fsp3) is 0.750. The SMILES string of the molecule is CCNC(C(N)=O)C1CC(C)=CC(C)C1. The highest BCUT2D eigenvalue weighted by Gasteiger charge is 2.29. The molecule has 0 fully saturated rings. The average molecular weight is 210 g/mol. The first-order valence-electron chi connectivity index (χ1n) is 5.74. The molecule has 1 amide bonds. The maximum atomic E-state index is 11.3. The van der Waals surface area contributed by atoms with E-state index in [1.165, 1.54) is 5.57 Å². The Kier molecular flexibility index (Phi) is 4.33. The third-order valence-corrected chi connectivity index (χ3v) is 3.03. The van der Waals surface area contributed by atoms with Crippen LogP contribution in [-0.2, 0) is 4.79 Å². The maximum absolute atomic E-state index is 11.3. The van der Waals surface area contributed by atoms with Crippen molar-refractivity contribution in [1.29, 1.82) is 0 Å². The van der Waals surface area contributed by atoms with Crippen molar-refractivity contribution < 1.29 is 4.79 Å². The standard InChI is InChI=1S/C12H22N2O/c1-4-14-11(12(13)15)10-6-8(2)5-9(3)7-10/h5,8,10-11,14H,4,6-7H2,1-3H3,(H2,13,15). The highest BCUT2D eigenvalue weighted by molar-refractivity contribution is 5.80. The Morgan fingerprint density at radius 1 is 1.73 bits per heavy atom. The fourth-order valence-electron chi connectivity index (χ4n) is 2.57. The molecule has 3 nitrogen and oxygen atoms in total. The van der Waals surface area contributed by atoms with Crippen molar-refractivity contribution in [2.45, 2.75) is 39.7 Å². The number of nitrogens with two attached hydrogens (primary N) is 1. The highest BCUT2D eigenvalue weighted by Crippen LogP contribution is 2.30. The summed E-state index contributed by atoms with van der Waals surface area (Å²) in [5.41, 5.74) is 6.80. The molecule has 3 atom stereocenters. The normalized spacial score (nSPS) is 28.3. The topological polar surface area (TPSA) is 55.1 Å². The zero-order chi connectivity index (χ0) is 11.4. The Hall–Kier alpha value is -0.830. The van der Waals surface area contributed by atoms with Gasteiger partial charge in [-0.25, -0.2) is 0 Å². The molecule has 0 aliphatic heterocycles. The maximum Gasteiger partial charge on any atom is 0.234 e. The van der Waals surface area contributed by atoms with Gasteiger partial charge in [-0.3, -0.25) is 4.79 Å². The predicted octanol–water partition coefficient (Wildman–Crippen LogP) is 1.44. The largest absolute Gasteiger partial charge is 0.368 e. The number of rotatable bonds is 4. The van der Waals surface area contributed by atoms with Gasteiger partial charge >= 0.3 is 0 Å². The van der Waals surface area contributed by atoms with Gasteiger partial charge in [0.15, 0.2) is 0 Å². The molecule has 1 aliphatic rings. The van der Waals surface area contributed by atoms with E-state index in [4.69, 9.17) is 5.73 Å². The number of hydrogen-bond donors (Lipinski definition) is 2. The summed E-state index contributed by atoms with van der Waals surface area (Å²) in [6.07, 6.45) is 4.34. The summed E-state index contributed by atoms with van der Waals surface area (Å²) in [4.78, 5) is 11.3. The molecular weight excluding hydrogens is 188 g/mol. The minimum absolute atomic E-state index is 0.166. The van der Waals surface area contributed by atoms with Crippen LogP contribution >= 0.6 is 0 Å². The van der Waals surface area contributed by atoms with Crippen molar-refractivity contribution in [2.75, 3.05) is 6.54 Å². The quantitative estimate of drug-likeness (QED) is 0.690. The van der Waals surface area contributed by atoms with E-state index in [9.17, 15) is 4.79 Å². The van der Waals surface area contributed by atoms with Crippen molar-refractivity contribution in [3.8, 4) is 0 Å². The number of hydrogen-bond acceptors (Lipinski definition) is 2. The molecule has 0 saturated carbocycles. The van der Waals surface area contributed by atoms with Crippen molar-refractivity contribution in [3.05, 3.63) is 11.6 Å². The summed E-state index contributed by atoms with van der Waals surface area (Å²) in [6.45, 7) is 7.12. The number of nitrogens with one attached hydrogen (secondary N) is 1. The number of carbonyl (C=O) groups excluding carboxylic acids is 1. The zero-order valence-electron chi connectivity index (χ0n) is 9.92. The summed E-state index contributed by atoms with van der Waals surface area (Å²) in [5, 5.41) is 3.19. The molecule has 0 radical (unpaired) electrons. The van der Waals surface area contributed by atoms with Crippen molar-refractivity contribution in [1.82, 2.24) is 5.32 Å². The predicted molar refractivity (Wildman–Crippen MR) is 62.3 cm³/mol.